The summed E-state index contributed by atoms with van der Waals surface area (Å²) in [5, 5.41) is 6.47. The Morgan fingerprint density at radius 2 is 2.06 bits per heavy atom. The van der Waals surface area contributed by atoms with Gasteiger partial charge in [-0.15, -0.1) is 0 Å². The highest BCUT2D eigenvalue weighted by Crippen LogP contribution is 2.26. The number of piperazine rings is 1. The molecule has 1 saturated heterocycles. The zero-order chi connectivity index (χ0) is 11.4. The number of halogens is 2. The lowest BCUT2D eigenvalue weighted by Crippen LogP contribution is -2.42. The van der Waals surface area contributed by atoms with Gasteiger partial charge in [0, 0.05) is 31.2 Å². The monoisotopic (exact) mass is 228 g/mol. The molecule has 16 heavy (non-hydrogen) atoms. The molecule has 2 rings (SSSR count). The molecule has 0 spiro atoms. The van der Waals surface area contributed by atoms with Crippen LogP contribution in [0.15, 0.2) is 24.3 Å². The Morgan fingerprint density at radius 1 is 1.25 bits per heavy atom. The van der Waals surface area contributed by atoms with Gasteiger partial charge in [0.1, 0.15) is 5.75 Å². The molecule has 1 aliphatic rings. The molecule has 0 bridgehead atoms. The van der Waals surface area contributed by atoms with E-state index in [-0.39, 0.29) is 11.8 Å². The second-order valence-electron chi connectivity index (χ2n) is 3.63. The Bertz CT molecular complexity index is 341. The third kappa shape index (κ3) is 2.68. The van der Waals surface area contributed by atoms with Gasteiger partial charge in [-0.25, -0.2) is 0 Å². The third-order valence-corrected chi connectivity index (χ3v) is 2.55. The minimum atomic E-state index is -2.78. The number of benzene rings is 1. The van der Waals surface area contributed by atoms with Gasteiger partial charge in [-0.05, 0) is 6.07 Å². The van der Waals surface area contributed by atoms with Crippen LogP contribution in [-0.4, -0.2) is 26.2 Å². The van der Waals surface area contributed by atoms with Crippen molar-refractivity contribution >= 4 is 0 Å². The predicted molar refractivity (Wildman–Crippen MR) is 56.7 cm³/mol. The van der Waals surface area contributed by atoms with Crippen molar-refractivity contribution in [3.63, 3.8) is 0 Å². The van der Waals surface area contributed by atoms with Gasteiger partial charge in [-0.3, -0.25) is 0 Å². The summed E-state index contributed by atoms with van der Waals surface area (Å²) < 4.78 is 28.9. The molecule has 5 heteroatoms. The SMILES string of the molecule is FC(F)Oc1ccccc1[C@@H]1CNCCN1. The fraction of sp³-hybridized carbons (Fsp3) is 0.455. The quantitative estimate of drug-likeness (QED) is 0.823. The van der Waals surface area contributed by atoms with Gasteiger partial charge in [0.15, 0.2) is 0 Å². The molecule has 1 heterocycles. The van der Waals surface area contributed by atoms with Gasteiger partial charge in [-0.1, -0.05) is 18.2 Å². The molecule has 0 saturated carbocycles. The Balaban J connectivity index is 2.17. The van der Waals surface area contributed by atoms with Crippen molar-refractivity contribution in [3.8, 4) is 5.75 Å². The van der Waals surface area contributed by atoms with Crippen LogP contribution in [0.25, 0.3) is 0 Å². The average molecular weight is 228 g/mol. The first-order chi connectivity index (χ1) is 7.77. The molecule has 2 N–H and O–H groups in total. The molecule has 0 radical (unpaired) electrons. The van der Waals surface area contributed by atoms with Crippen molar-refractivity contribution in [1.29, 1.82) is 0 Å². The molecule has 3 nitrogen and oxygen atoms in total. The van der Waals surface area contributed by atoms with E-state index in [4.69, 9.17) is 0 Å². The highest BCUT2D eigenvalue weighted by Gasteiger charge is 2.19. The van der Waals surface area contributed by atoms with E-state index in [1.54, 1.807) is 12.1 Å². The zero-order valence-corrected chi connectivity index (χ0v) is 8.75. The Kier molecular flexibility index (Phi) is 3.69. The molecule has 88 valence electrons. The van der Waals surface area contributed by atoms with Crippen LogP contribution >= 0.6 is 0 Å². The van der Waals surface area contributed by atoms with Crippen molar-refractivity contribution < 1.29 is 13.5 Å². The van der Waals surface area contributed by atoms with Crippen LogP contribution in [-0.2, 0) is 0 Å². The smallest absolute Gasteiger partial charge is 0.387 e. The molecule has 0 unspecified atom stereocenters. The second kappa shape index (κ2) is 5.23. The van der Waals surface area contributed by atoms with Gasteiger partial charge in [0.05, 0.1) is 0 Å². The minimum Gasteiger partial charge on any atom is -0.434 e. The number of hydrogen-bond donors (Lipinski definition) is 2. The van der Waals surface area contributed by atoms with Crippen molar-refractivity contribution in [2.75, 3.05) is 19.6 Å². The molecule has 0 aromatic heterocycles. The van der Waals surface area contributed by atoms with Crippen LogP contribution in [0.1, 0.15) is 11.6 Å². The molecular formula is C11H14F2N2O. The van der Waals surface area contributed by atoms with E-state index < -0.39 is 6.61 Å². The van der Waals surface area contributed by atoms with Crippen molar-refractivity contribution in [1.82, 2.24) is 10.6 Å². The molecular weight excluding hydrogens is 214 g/mol. The maximum Gasteiger partial charge on any atom is 0.387 e. The predicted octanol–water partition coefficient (Wildman–Crippen LogP) is 1.52. The first-order valence-electron chi connectivity index (χ1n) is 5.25. The molecule has 0 amide bonds. The average Bonchev–Trinajstić information content (AvgIpc) is 2.30. The summed E-state index contributed by atoms with van der Waals surface area (Å²) in [6.07, 6.45) is 0. The van der Waals surface area contributed by atoms with Gasteiger partial charge in [0.2, 0.25) is 0 Å². The molecule has 1 fully saturated rings. The molecule has 0 aliphatic carbocycles. The van der Waals surface area contributed by atoms with Gasteiger partial charge in [0.25, 0.3) is 0 Å². The lowest BCUT2D eigenvalue weighted by molar-refractivity contribution is -0.0507. The lowest BCUT2D eigenvalue weighted by Gasteiger charge is -2.26. The molecule has 1 aromatic rings. The summed E-state index contributed by atoms with van der Waals surface area (Å²) in [5.41, 5.74) is 0.773. The number of nitrogens with one attached hydrogen (secondary N) is 2. The zero-order valence-electron chi connectivity index (χ0n) is 8.75. The number of hydrogen-bond acceptors (Lipinski definition) is 3. The van der Waals surface area contributed by atoms with Crippen LogP contribution < -0.4 is 15.4 Å². The summed E-state index contributed by atoms with van der Waals surface area (Å²) in [6.45, 7) is -0.330. The number of rotatable bonds is 3. The van der Waals surface area contributed by atoms with E-state index in [1.807, 2.05) is 12.1 Å². The normalized spacial score (nSPS) is 21.1. The topological polar surface area (TPSA) is 33.3 Å². The maximum atomic E-state index is 12.2. The van der Waals surface area contributed by atoms with Gasteiger partial charge < -0.3 is 15.4 Å². The van der Waals surface area contributed by atoms with E-state index in [0.717, 1.165) is 25.2 Å². The highest BCUT2D eigenvalue weighted by molar-refractivity contribution is 5.36. The summed E-state index contributed by atoms with van der Waals surface area (Å²) in [7, 11) is 0. The van der Waals surface area contributed by atoms with E-state index in [9.17, 15) is 8.78 Å². The Morgan fingerprint density at radius 3 is 2.75 bits per heavy atom. The van der Waals surface area contributed by atoms with E-state index in [1.165, 1.54) is 0 Å². The first kappa shape index (κ1) is 11.3. The molecule has 1 aromatic carbocycles. The second-order valence-corrected chi connectivity index (χ2v) is 3.63. The van der Waals surface area contributed by atoms with Crippen molar-refractivity contribution in [2.45, 2.75) is 12.7 Å². The van der Waals surface area contributed by atoms with E-state index in [2.05, 4.69) is 15.4 Å². The van der Waals surface area contributed by atoms with E-state index in [0.29, 0.717) is 0 Å². The fourth-order valence-electron chi connectivity index (χ4n) is 1.84. The summed E-state index contributed by atoms with van der Waals surface area (Å²) in [5.74, 6) is 0.249. The summed E-state index contributed by atoms with van der Waals surface area (Å²) >= 11 is 0. The third-order valence-electron chi connectivity index (χ3n) is 2.55. The fourth-order valence-corrected chi connectivity index (χ4v) is 1.84. The maximum absolute atomic E-state index is 12.2. The van der Waals surface area contributed by atoms with Crippen LogP contribution in [0.4, 0.5) is 8.78 Å². The summed E-state index contributed by atoms with van der Waals surface area (Å²) in [4.78, 5) is 0. The summed E-state index contributed by atoms with van der Waals surface area (Å²) in [6, 6.07) is 6.92. The van der Waals surface area contributed by atoms with Crippen LogP contribution in [0.5, 0.6) is 5.75 Å². The number of ether oxygens (including phenoxy) is 1. The molecule has 1 atom stereocenters. The van der Waals surface area contributed by atoms with Crippen LogP contribution in [0.3, 0.4) is 0 Å². The van der Waals surface area contributed by atoms with Gasteiger partial charge in [-0.2, -0.15) is 8.78 Å². The Hall–Kier alpha value is -1.20. The Labute approximate surface area is 92.8 Å². The largest absolute Gasteiger partial charge is 0.434 e. The molecule has 1 aliphatic heterocycles. The van der Waals surface area contributed by atoms with Crippen LogP contribution in [0, 0.1) is 0 Å². The van der Waals surface area contributed by atoms with Gasteiger partial charge >= 0.3 is 6.61 Å². The lowest BCUT2D eigenvalue weighted by atomic mass is 10.0. The first-order valence-corrected chi connectivity index (χ1v) is 5.25. The number of para-hydroxylation sites is 1. The highest BCUT2D eigenvalue weighted by atomic mass is 19.3. The van der Waals surface area contributed by atoms with Crippen molar-refractivity contribution in [3.05, 3.63) is 29.8 Å². The van der Waals surface area contributed by atoms with Crippen molar-refractivity contribution in [2.24, 2.45) is 0 Å². The van der Waals surface area contributed by atoms with Crippen LogP contribution in [0.2, 0.25) is 0 Å². The number of alkyl halides is 2. The van der Waals surface area contributed by atoms with E-state index >= 15 is 0 Å². The standard InChI is InChI=1S/C11H14F2N2O/c12-11(13)16-10-4-2-1-3-8(10)9-7-14-5-6-15-9/h1-4,9,11,14-15H,5-7H2/t9-/m0/s1. The minimum absolute atomic E-state index is 0.0312.